The van der Waals surface area contributed by atoms with Crippen LogP contribution in [0.5, 0.6) is 0 Å². The van der Waals surface area contributed by atoms with Gasteiger partial charge in [0, 0.05) is 18.6 Å². The van der Waals surface area contributed by atoms with Crippen LogP contribution in [0.25, 0.3) is 11.0 Å². The van der Waals surface area contributed by atoms with Crippen molar-refractivity contribution in [2.45, 2.75) is 26.2 Å². The second kappa shape index (κ2) is 3.49. The Morgan fingerprint density at radius 3 is 2.93 bits per heavy atom. The molecule has 4 heteroatoms. The third kappa shape index (κ3) is 1.34. The van der Waals surface area contributed by atoms with E-state index >= 15 is 0 Å². The highest BCUT2D eigenvalue weighted by molar-refractivity contribution is 5.85. The van der Waals surface area contributed by atoms with E-state index in [1.54, 1.807) is 0 Å². The Kier molecular flexibility index (Phi) is 2.43. The van der Waals surface area contributed by atoms with Crippen LogP contribution >= 0.6 is 12.4 Å². The Bertz CT molecular complexity index is 516. The summed E-state index contributed by atoms with van der Waals surface area (Å²) in [6.07, 6.45) is 5.67. The van der Waals surface area contributed by atoms with Crippen molar-refractivity contribution in [1.29, 1.82) is 0 Å². The van der Waals surface area contributed by atoms with E-state index in [2.05, 4.69) is 17.0 Å². The molecule has 0 atom stereocenters. The first-order chi connectivity index (χ1) is 6.77. The molecular formula is C11H14ClN3. The van der Waals surface area contributed by atoms with Crippen molar-refractivity contribution in [2.75, 3.05) is 0 Å². The highest BCUT2D eigenvalue weighted by Crippen LogP contribution is 2.29. The Balaban J connectivity index is 0.000000853. The van der Waals surface area contributed by atoms with Gasteiger partial charge in [-0.05, 0) is 37.3 Å². The van der Waals surface area contributed by atoms with E-state index < -0.39 is 0 Å². The molecule has 2 aromatic heterocycles. The molecule has 0 spiro atoms. The monoisotopic (exact) mass is 223 g/mol. The van der Waals surface area contributed by atoms with Crippen LogP contribution in [0.3, 0.4) is 0 Å². The quantitative estimate of drug-likeness (QED) is 0.686. The van der Waals surface area contributed by atoms with E-state index in [1.165, 1.54) is 35.8 Å². The Morgan fingerprint density at radius 1 is 1.33 bits per heavy atom. The van der Waals surface area contributed by atoms with Crippen molar-refractivity contribution in [3.63, 3.8) is 0 Å². The smallest absolute Gasteiger partial charge is 0.158 e. The number of rotatable bonds is 0. The summed E-state index contributed by atoms with van der Waals surface area (Å²) in [5.74, 6) is 0. The number of nitrogens with zero attached hydrogens (tertiary/aromatic N) is 3. The summed E-state index contributed by atoms with van der Waals surface area (Å²) >= 11 is 0. The molecule has 2 heterocycles. The molecule has 15 heavy (non-hydrogen) atoms. The molecule has 0 radical (unpaired) electrons. The van der Waals surface area contributed by atoms with Gasteiger partial charge in [0.25, 0.3) is 0 Å². The third-order valence-electron chi connectivity index (χ3n) is 3.10. The highest BCUT2D eigenvalue weighted by atomic mass is 35.5. The topological polar surface area (TPSA) is 30.7 Å². The summed E-state index contributed by atoms with van der Waals surface area (Å²) in [7, 11) is 1.96. The molecule has 0 saturated heterocycles. The van der Waals surface area contributed by atoms with Gasteiger partial charge in [-0.3, -0.25) is 4.68 Å². The lowest BCUT2D eigenvalue weighted by atomic mass is 10.1. The fourth-order valence-corrected chi connectivity index (χ4v) is 2.48. The van der Waals surface area contributed by atoms with Crippen molar-refractivity contribution in [3.8, 4) is 0 Å². The molecule has 0 N–H and O–H groups in total. The van der Waals surface area contributed by atoms with Gasteiger partial charge >= 0.3 is 0 Å². The minimum absolute atomic E-state index is 0. The van der Waals surface area contributed by atoms with E-state index in [1.807, 2.05) is 17.9 Å². The highest BCUT2D eigenvalue weighted by Gasteiger charge is 2.18. The fraction of sp³-hybridized carbons (Fsp3) is 0.455. The summed E-state index contributed by atoms with van der Waals surface area (Å²) in [5.41, 5.74) is 5.06. The first-order valence-electron chi connectivity index (χ1n) is 5.07. The second-order valence-corrected chi connectivity index (χ2v) is 4.02. The molecule has 0 bridgehead atoms. The molecular weight excluding hydrogens is 210 g/mol. The number of halogens is 1. The zero-order chi connectivity index (χ0) is 9.71. The summed E-state index contributed by atoms with van der Waals surface area (Å²) in [4.78, 5) is 4.47. The predicted octanol–water partition coefficient (Wildman–Crippen LogP) is 2.19. The van der Waals surface area contributed by atoms with E-state index in [4.69, 9.17) is 0 Å². The van der Waals surface area contributed by atoms with Crippen LogP contribution in [0.4, 0.5) is 0 Å². The normalized spacial score (nSPS) is 14.0. The lowest BCUT2D eigenvalue weighted by Crippen LogP contribution is -1.93. The van der Waals surface area contributed by atoms with E-state index in [0.29, 0.717) is 0 Å². The number of aromatic nitrogens is 3. The molecule has 0 aromatic carbocycles. The first-order valence-corrected chi connectivity index (χ1v) is 5.07. The van der Waals surface area contributed by atoms with Crippen LogP contribution in [0, 0.1) is 6.92 Å². The number of pyridine rings is 1. The predicted molar refractivity (Wildman–Crippen MR) is 62.5 cm³/mol. The van der Waals surface area contributed by atoms with Gasteiger partial charge in [-0.15, -0.1) is 12.4 Å². The van der Waals surface area contributed by atoms with Gasteiger partial charge in [-0.25, -0.2) is 4.98 Å². The van der Waals surface area contributed by atoms with E-state index in [0.717, 1.165) is 11.3 Å². The molecule has 0 unspecified atom stereocenters. The van der Waals surface area contributed by atoms with Crippen molar-refractivity contribution >= 4 is 23.4 Å². The Labute approximate surface area is 94.9 Å². The Morgan fingerprint density at radius 2 is 2.13 bits per heavy atom. The maximum Gasteiger partial charge on any atom is 0.158 e. The zero-order valence-electron chi connectivity index (χ0n) is 8.95. The van der Waals surface area contributed by atoms with Gasteiger partial charge in [0.15, 0.2) is 5.65 Å². The molecule has 0 fully saturated rings. The maximum atomic E-state index is 4.47. The van der Waals surface area contributed by atoms with Crippen molar-refractivity contribution < 1.29 is 0 Å². The van der Waals surface area contributed by atoms with Gasteiger partial charge < -0.3 is 0 Å². The number of fused-ring (bicyclic) bond motifs is 3. The van der Waals surface area contributed by atoms with E-state index in [-0.39, 0.29) is 12.4 Å². The summed E-state index contributed by atoms with van der Waals surface area (Å²) in [5, 5.41) is 5.72. The molecule has 0 amide bonds. The number of aryl methyl sites for hydroxylation is 4. The SMILES string of the molecule is Cc1nn(C)c2ncc3c(c12)CCC3.Cl. The van der Waals surface area contributed by atoms with Gasteiger partial charge in [0.1, 0.15) is 0 Å². The van der Waals surface area contributed by atoms with Crippen LogP contribution in [0.15, 0.2) is 6.20 Å². The van der Waals surface area contributed by atoms with Crippen LogP contribution in [0.1, 0.15) is 23.2 Å². The maximum absolute atomic E-state index is 4.47. The van der Waals surface area contributed by atoms with Gasteiger partial charge in [0.05, 0.1) is 5.69 Å². The van der Waals surface area contributed by atoms with Crippen LogP contribution in [-0.4, -0.2) is 14.8 Å². The van der Waals surface area contributed by atoms with Crippen molar-refractivity contribution in [2.24, 2.45) is 7.05 Å². The lowest BCUT2D eigenvalue weighted by Gasteiger charge is -2.00. The van der Waals surface area contributed by atoms with Gasteiger partial charge in [-0.2, -0.15) is 5.10 Å². The summed E-state index contributed by atoms with van der Waals surface area (Å²) in [6, 6.07) is 0. The molecule has 3 rings (SSSR count). The zero-order valence-corrected chi connectivity index (χ0v) is 9.77. The van der Waals surface area contributed by atoms with E-state index in [9.17, 15) is 0 Å². The number of hydrogen-bond acceptors (Lipinski definition) is 2. The van der Waals surface area contributed by atoms with Gasteiger partial charge in [0.2, 0.25) is 0 Å². The van der Waals surface area contributed by atoms with Gasteiger partial charge in [-0.1, -0.05) is 0 Å². The Hall–Kier alpha value is -1.09. The lowest BCUT2D eigenvalue weighted by molar-refractivity contribution is 0.773. The average molecular weight is 224 g/mol. The first kappa shape index (κ1) is 10.4. The summed E-state index contributed by atoms with van der Waals surface area (Å²) in [6.45, 7) is 2.07. The third-order valence-corrected chi connectivity index (χ3v) is 3.10. The van der Waals surface area contributed by atoms with Crippen LogP contribution in [0.2, 0.25) is 0 Å². The fourth-order valence-electron chi connectivity index (χ4n) is 2.48. The second-order valence-electron chi connectivity index (χ2n) is 4.02. The molecule has 3 nitrogen and oxygen atoms in total. The van der Waals surface area contributed by atoms with Crippen LogP contribution in [-0.2, 0) is 19.9 Å². The molecule has 1 aliphatic rings. The molecule has 2 aromatic rings. The molecule has 1 aliphatic carbocycles. The minimum atomic E-state index is 0. The van der Waals surface area contributed by atoms with Crippen molar-refractivity contribution in [3.05, 3.63) is 23.0 Å². The van der Waals surface area contributed by atoms with Crippen molar-refractivity contribution in [1.82, 2.24) is 14.8 Å². The molecule has 0 aliphatic heterocycles. The molecule has 80 valence electrons. The molecule has 0 saturated carbocycles. The summed E-state index contributed by atoms with van der Waals surface area (Å²) < 4.78 is 1.88. The number of hydrogen-bond donors (Lipinski definition) is 0. The largest absolute Gasteiger partial charge is 0.250 e. The average Bonchev–Trinajstić information content (AvgIpc) is 2.71. The standard InChI is InChI=1S/C11H13N3.ClH/c1-7-10-9-5-3-4-8(9)6-12-11(10)14(2)13-7;/h6H,3-5H2,1-2H3;1H. The minimum Gasteiger partial charge on any atom is -0.250 e. The van der Waals surface area contributed by atoms with Crippen LogP contribution < -0.4 is 0 Å².